The van der Waals surface area contributed by atoms with Gasteiger partial charge in [0.2, 0.25) is 5.91 Å². The average Bonchev–Trinajstić information content (AvgIpc) is 2.88. The first-order valence-electron chi connectivity index (χ1n) is 5.91. The fourth-order valence-corrected chi connectivity index (χ4v) is 2.14. The second-order valence-electron chi connectivity index (χ2n) is 4.15. The molecule has 0 radical (unpaired) electrons. The number of hydrogen-bond donors (Lipinski definition) is 3. The number of nitrogens with one attached hydrogen (secondary N) is 1. The highest BCUT2D eigenvalue weighted by Gasteiger charge is 2.13. The molecule has 0 aliphatic carbocycles. The largest absolute Gasteiger partial charge is 0.478 e. The van der Waals surface area contributed by atoms with Crippen LogP contribution < -0.4 is 11.1 Å². The molecule has 0 atom stereocenters. The summed E-state index contributed by atoms with van der Waals surface area (Å²) < 4.78 is 2.11. The second-order valence-corrected chi connectivity index (χ2v) is 5.40. The molecule has 0 fully saturated rings. The van der Waals surface area contributed by atoms with Gasteiger partial charge in [0.05, 0.1) is 23.1 Å². The molecular formula is C12H12IN5O3. The summed E-state index contributed by atoms with van der Waals surface area (Å²) in [5.74, 6) is -1.50. The highest BCUT2D eigenvalue weighted by molar-refractivity contribution is 14.1. The molecule has 110 valence electrons. The van der Waals surface area contributed by atoms with Crippen molar-refractivity contribution in [2.24, 2.45) is 5.73 Å². The lowest BCUT2D eigenvalue weighted by atomic mass is 10.2. The lowest BCUT2D eigenvalue weighted by molar-refractivity contribution is -0.116. The topological polar surface area (TPSA) is 123 Å². The zero-order chi connectivity index (χ0) is 15.4. The van der Waals surface area contributed by atoms with E-state index >= 15 is 0 Å². The molecule has 0 spiro atoms. The van der Waals surface area contributed by atoms with E-state index < -0.39 is 11.9 Å². The molecule has 2 rings (SSSR count). The van der Waals surface area contributed by atoms with E-state index in [9.17, 15) is 9.59 Å². The Morgan fingerprint density at radius 1 is 1.43 bits per heavy atom. The molecule has 9 heteroatoms. The zero-order valence-corrected chi connectivity index (χ0v) is 12.9. The smallest absolute Gasteiger partial charge is 0.337 e. The second kappa shape index (κ2) is 6.63. The van der Waals surface area contributed by atoms with Crippen LogP contribution in [0.1, 0.15) is 16.1 Å². The van der Waals surface area contributed by atoms with Crippen molar-refractivity contribution in [3.05, 3.63) is 39.2 Å². The normalized spacial score (nSPS) is 10.4. The van der Waals surface area contributed by atoms with E-state index in [4.69, 9.17) is 10.8 Å². The molecule has 1 amide bonds. The van der Waals surface area contributed by atoms with Gasteiger partial charge in [-0.15, -0.1) is 5.10 Å². The number of carboxylic acids is 1. The summed E-state index contributed by atoms with van der Waals surface area (Å²) in [4.78, 5) is 23.1. The molecule has 8 nitrogen and oxygen atoms in total. The third-order valence-corrected chi connectivity index (χ3v) is 3.26. The molecule has 4 N–H and O–H groups in total. The van der Waals surface area contributed by atoms with Crippen molar-refractivity contribution in [2.45, 2.75) is 13.1 Å². The SMILES string of the molecule is NCc1cn(CC(=O)Nc2ccc(I)cc2C(=O)O)nn1. The van der Waals surface area contributed by atoms with Gasteiger partial charge in [0.25, 0.3) is 0 Å². The Morgan fingerprint density at radius 2 is 2.19 bits per heavy atom. The number of hydrogen-bond acceptors (Lipinski definition) is 5. The minimum Gasteiger partial charge on any atom is -0.478 e. The van der Waals surface area contributed by atoms with Crippen LogP contribution in [0.15, 0.2) is 24.4 Å². The van der Waals surface area contributed by atoms with E-state index in [-0.39, 0.29) is 24.3 Å². The van der Waals surface area contributed by atoms with Gasteiger partial charge < -0.3 is 16.2 Å². The Morgan fingerprint density at radius 3 is 2.81 bits per heavy atom. The number of rotatable bonds is 5. The van der Waals surface area contributed by atoms with E-state index in [1.807, 2.05) is 22.6 Å². The van der Waals surface area contributed by atoms with E-state index in [0.29, 0.717) is 5.69 Å². The quantitative estimate of drug-likeness (QED) is 0.634. The van der Waals surface area contributed by atoms with Crippen molar-refractivity contribution in [2.75, 3.05) is 5.32 Å². The van der Waals surface area contributed by atoms with E-state index in [1.165, 1.54) is 10.7 Å². The summed E-state index contributed by atoms with van der Waals surface area (Å²) in [6, 6.07) is 4.75. The maximum Gasteiger partial charge on any atom is 0.337 e. The number of anilines is 1. The standard InChI is InChI=1S/C12H12IN5O3/c13-7-1-2-10(9(3-7)12(20)21)15-11(19)6-18-5-8(4-14)16-17-18/h1-3,5H,4,6,14H2,(H,15,19)(H,20,21). The first-order chi connectivity index (χ1) is 9.99. The molecule has 0 bridgehead atoms. The van der Waals surface area contributed by atoms with Crippen molar-refractivity contribution in [3.63, 3.8) is 0 Å². The number of nitrogens with two attached hydrogens (primary N) is 1. The number of nitrogens with zero attached hydrogens (tertiary/aromatic N) is 3. The van der Waals surface area contributed by atoms with Gasteiger partial charge in [-0.2, -0.15) is 0 Å². The van der Waals surface area contributed by atoms with Gasteiger partial charge in [-0.3, -0.25) is 4.79 Å². The summed E-state index contributed by atoms with van der Waals surface area (Å²) in [6.45, 7) is 0.167. The minimum absolute atomic E-state index is 0.0384. The van der Waals surface area contributed by atoms with Crippen molar-refractivity contribution in [3.8, 4) is 0 Å². The van der Waals surface area contributed by atoms with Crippen LogP contribution in [0.4, 0.5) is 5.69 Å². The third-order valence-electron chi connectivity index (χ3n) is 2.59. The number of carboxylic acid groups (broad SMARTS) is 1. The summed E-state index contributed by atoms with van der Waals surface area (Å²) in [6.07, 6.45) is 1.56. The van der Waals surface area contributed by atoms with Crippen LogP contribution in [0, 0.1) is 3.57 Å². The number of carbonyl (C=O) groups excluding carboxylic acids is 1. The van der Waals surface area contributed by atoms with Crippen LogP contribution >= 0.6 is 22.6 Å². The Kier molecular flexibility index (Phi) is 4.85. The molecule has 1 aromatic carbocycles. The summed E-state index contributed by atoms with van der Waals surface area (Å²) in [7, 11) is 0. The Bertz CT molecular complexity index is 685. The lowest BCUT2D eigenvalue weighted by Crippen LogP contribution is -2.20. The zero-order valence-electron chi connectivity index (χ0n) is 10.8. The summed E-state index contributed by atoms with van der Waals surface area (Å²) >= 11 is 2.00. The molecule has 0 saturated carbocycles. The highest BCUT2D eigenvalue weighted by atomic mass is 127. The molecule has 0 unspecified atom stereocenters. The number of halogens is 1. The minimum atomic E-state index is -1.10. The Balaban J connectivity index is 2.10. The predicted octanol–water partition coefficient (Wildman–Crippen LogP) is 0.678. The van der Waals surface area contributed by atoms with Gasteiger partial charge in [0.1, 0.15) is 6.54 Å². The van der Waals surface area contributed by atoms with Crippen LogP contribution in [0.2, 0.25) is 0 Å². The summed E-state index contributed by atoms with van der Waals surface area (Å²) in [5.41, 5.74) is 6.26. The van der Waals surface area contributed by atoms with E-state index in [2.05, 4.69) is 15.6 Å². The number of aromatic carboxylic acids is 1. The third kappa shape index (κ3) is 3.98. The van der Waals surface area contributed by atoms with Crippen molar-refractivity contribution >= 4 is 40.2 Å². The molecule has 2 aromatic rings. The summed E-state index contributed by atoms with van der Waals surface area (Å²) in [5, 5.41) is 19.2. The molecule has 0 aliphatic heterocycles. The van der Waals surface area contributed by atoms with Gasteiger partial charge in [-0.25, -0.2) is 9.48 Å². The average molecular weight is 401 g/mol. The maximum absolute atomic E-state index is 11.9. The van der Waals surface area contributed by atoms with Crippen LogP contribution in [0.5, 0.6) is 0 Å². The molecule has 0 saturated heterocycles. The van der Waals surface area contributed by atoms with Gasteiger partial charge in [0, 0.05) is 10.1 Å². The Hall–Kier alpha value is -2.01. The van der Waals surface area contributed by atoms with Gasteiger partial charge in [-0.1, -0.05) is 5.21 Å². The fraction of sp³-hybridized carbons (Fsp3) is 0.167. The van der Waals surface area contributed by atoms with Crippen molar-refractivity contribution in [1.29, 1.82) is 0 Å². The number of carbonyl (C=O) groups is 2. The molecule has 1 aromatic heterocycles. The molecular weight excluding hydrogens is 389 g/mol. The molecule has 0 aliphatic rings. The van der Waals surface area contributed by atoms with Gasteiger partial charge >= 0.3 is 5.97 Å². The Labute approximate surface area is 133 Å². The van der Waals surface area contributed by atoms with E-state index in [0.717, 1.165) is 3.57 Å². The van der Waals surface area contributed by atoms with Gasteiger partial charge in [0.15, 0.2) is 0 Å². The fourth-order valence-electron chi connectivity index (χ4n) is 1.65. The highest BCUT2D eigenvalue weighted by Crippen LogP contribution is 2.19. The lowest BCUT2D eigenvalue weighted by Gasteiger charge is -2.08. The molecule has 21 heavy (non-hydrogen) atoms. The number of aromatic nitrogens is 3. The predicted molar refractivity (Wildman–Crippen MR) is 82.7 cm³/mol. The number of benzene rings is 1. The van der Waals surface area contributed by atoms with Crippen LogP contribution in [0.25, 0.3) is 0 Å². The van der Waals surface area contributed by atoms with E-state index in [1.54, 1.807) is 18.3 Å². The monoisotopic (exact) mass is 401 g/mol. The van der Waals surface area contributed by atoms with Crippen molar-refractivity contribution < 1.29 is 14.7 Å². The van der Waals surface area contributed by atoms with Crippen LogP contribution in [-0.4, -0.2) is 32.0 Å². The van der Waals surface area contributed by atoms with Gasteiger partial charge in [-0.05, 0) is 40.8 Å². The first-order valence-corrected chi connectivity index (χ1v) is 6.99. The maximum atomic E-state index is 11.9. The number of amides is 1. The molecule has 1 heterocycles. The first kappa shape index (κ1) is 15.4. The van der Waals surface area contributed by atoms with Crippen molar-refractivity contribution in [1.82, 2.24) is 15.0 Å². The van der Waals surface area contributed by atoms with Crippen LogP contribution in [0.3, 0.4) is 0 Å². The van der Waals surface area contributed by atoms with Crippen LogP contribution in [-0.2, 0) is 17.9 Å².